The van der Waals surface area contributed by atoms with Crippen molar-refractivity contribution in [2.24, 2.45) is 0 Å². The average molecular weight is 424 g/mol. The molecule has 0 radical (unpaired) electrons. The average Bonchev–Trinajstić information content (AvgIpc) is 2.82. The van der Waals surface area contributed by atoms with E-state index in [-0.39, 0.29) is 23.9 Å². The Balaban J connectivity index is 1.48. The van der Waals surface area contributed by atoms with E-state index in [1.54, 1.807) is 48.2 Å². The van der Waals surface area contributed by atoms with E-state index in [1.165, 1.54) is 17.0 Å². The molecular formula is C23H24N2O6. The van der Waals surface area contributed by atoms with Crippen LogP contribution in [0.15, 0.2) is 54.6 Å². The summed E-state index contributed by atoms with van der Waals surface area (Å²) < 4.78 is 10.1. The maximum atomic E-state index is 12.4. The van der Waals surface area contributed by atoms with Crippen LogP contribution < -0.4 is 0 Å². The Morgan fingerprint density at radius 1 is 0.742 bits per heavy atom. The van der Waals surface area contributed by atoms with Gasteiger partial charge >= 0.3 is 12.1 Å². The molecule has 8 heteroatoms. The third-order valence-electron chi connectivity index (χ3n) is 4.90. The van der Waals surface area contributed by atoms with Gasteiger partial charge in [-0.1, -0.05) is 42.5 Å². The van der Waals surface area contributed by atoms with Crippen molar-refractivity contribution in [3.63, 3.8) is 0 Å². The van der Waals surface area contributed by atoms with Crippen LogP contribution in [0.4, 0.5) is 4.79 Å². The van der Waals surface area contributed by atoms with E-state index in [0.29, 0.717) is 43.9 Å². The number of amides is 2. The number of carbonyl (C=O) groups excluding carboxylic acids is 4. The number of hydrogen-bond acceptors (Lipinski definition) is 6. The third-order valence-corrected chi connectivity index (χ3v) is 4.90. The molecule has 1 aliphatic heterocycles. The molecule has 1 aliphatic rings. The molecule has 0 bridgehead atoms. The van der Waals surface area contributed by atoms with Crippen LogP contribution in [0, 0.1) is 0 Å². The molecule has 2 aromatic carbocycles. The fourth-order valence-electron chi connectivity index (χ4n) is 3.17. The summed E-state index contributed by atoms with van der Waals surface area (Å²) in [6, 6.07) is 15.0. The number of hydrogen-bond donors (Lipinski definition) is 0. The smallest absolute Gasteiger partial charge is 0.409 e. The van der Waals surface area contributed by atoms with Gasteiger partial charge in [-0.3, -0.25) is 9.59 Å². The molecule has 162 valence electrons. The number of ketones is 1. The Morgan fingerprint density at radius 3 is 1.90 bits per heavy atom. The van der Waals surface area contributed by atoms with Gasteiger partial charge in [0.15, 0.2) is 12.4 Å². The Hall–Kier alpha value is -3.68. The third kappa shape index (κ3) is 5.69. The van der Waals surface area contributed by atoms with E-state index in [9.17, 15) is 19.2 Å². The van der Waals surface area contributed by atoms with Crippen molar-refractivity contribution in [1.29, 1.82) is 0 Å². The van der Waals surface area contributed by atoms with Crippen LogP contribution in [0.2, 0.25) is 0 Å². The molecule has 2 aromatic rings. The lowest BCUT2D eigenvalue weighted by molar-refractivity contribution is -0.136. The van der Waals surface area contributed by atoms with E-state index in [4.69, 9.17) is 9.47 Å². The van der Waals surface area contributed by atoms with Gasteiger partial charge in [0.1, 0.15) is 0 Å². The first kappa shape index (κ1) is 22.0. The molecule has 1 heterocycles. The van der Waals surface area contributed by atoms with Crippen molar-refractivity contribution in [2.75, 3.05) is 39.4 Å². The fraction of sp³-hybridized carbons (Fsp3) is 0.304. The van der Waals surface area contributed by atoms with Crippen molar-refractivity contribution in [3.8, 4) is 0 Å². The molecule has 3 rings (SSSR count). The van der Waals surface area contributed by atoms with Gasteiger partial charge < -0.3 is 19.3 Å². The zero-order chi connectivity index (χ0) is 22.2. The number of esters is 1. The first-order valence-corrected chi connectivity index (χ1v) is 10.1. The molecule has 8 nitrogen and oxygen atoms in total. The molecule has 0 spiro atoms. The van der Waals surface area contributed by atoms with Crippen LogP contribution in [0.1, 0.15) is 33.2 Å². The predicted octanol–water partition coefficient (Wildman–Crippen LogP) is 2.38. The second-order valence-electron chi connectivity index (χ2n) is 6.92. The maximum Gasteiger partial charge on any atom is 0.409 e. The molecule has 1 saturated heterocycles. The Morgan fingerprint density at radius 2 is 1.29 bits per heavy atom. The maximum absolute atomic E-state index is 12.4. The molecule has 0 saturated carbocycles. The van der Waals surface area contributed by atoms with Gasteiger partial charge in [0.05, 0.1) is 12.2 Å². The Labute approximate surface area is 180 Å². The molecule has 1 fully saturated rings. The summed E-state index contributed by atoms with van der Waals surface area (Å²) in [5, 5.41) is 0. The molecule has 0 unspecified atom stereocenters. The number of piperazine rings is 1. The Bertz CT molecular complexity index is 934. The quantitative estimate of drug-likeness (QED) is 0.522. The number of rotatable bonds is 6. The second kappa shape index (κ2) is 10.4. The van der Waals surface area contributed by atoms with Crippen molar-refractivity contribution in [2.45, 2.75) is 6.92 Å². The van der Waals surface area contributed by atoms with Gasteiger partial charge in [0.25, 0.3) is 5.91 Å². The fourth-order valence-corrected chi connectivity index (χ4v) is 3.17. The lowest BCUT2D eigenvalue weighted by Gasteiger charge is -2.33. The van der Waals surface area contributed by atoms with E-state index >= 15 is 0 Å². The summed E-state index contributed by atoms with van der Waals surface area (Å²) in [6.45, 7) is 3.10. The summed E-state index contributed by atoms with van der Waals surface area (Å²) in [7, 11) is 0. The van der Waals surface area contributed by atoms with Crippen molar-refractivity contribution < 1.29 is 28.7 Å². The molecule has 0 aliphatic carbocycles. The summed E-state index contributed by atoms with van der Waals surface area (Å²) in [4.78, 5) is 51.8. The highest BCUT2D eigenvalue weighted by Crippen LogP contribution is 2.12. The van der Waals surface area contributed by atoms with Gasteiger partial charge in [0, 0.05) is 37.3 Å². The van der Waals surface area contributed by atoms with Crippen LogP contribution >= 0.6 is 0 Å². The zero-order valence-electron chi connectivity index (χ0n) is 17.3. The highest BCUT2D eigenvalue weighted by atomic mass is 16.6. The van der Waals surface area contributed by atoms with E-state index in [0.717, 1.165) is 0 Å². The topological polar surface area (TPSA) is 93.2 Å². The molecule has 2 amide bonds. The molecule has 31 heavy (non-hydrogen) atoms. The first-order valence-electron chi connectivity index (χ1n) is 10.1. The van der Waals surface area contributed by atoms with Gasteiger partial charge in [-0.2, -0.15) is 0 Å². The van der Waals surface area contributed by atoms with Crippen LogP contribution in [0.5, 0.6) is 0 Å². The molecule has 0 aromatic heterocycles. The summed E-state index contributed by atoms with van der Waals surface area (Å²) in [5.74, 6) is -1.11. The van der Waals surface area contributed by atoms with Crippen molar-refractivity contribution in [3.05, 3.63) is 71.3 Å². The van der Waals surface area contributed by atoms with E-state index in [1.807, 2.05) is 6.07 Å². The van der Waals surface area contributed by atoms with Crippen LogP contribution in [-0.4, -0.2) is 72.9 Å². The number of benzene rings is 2. The number of ether oxygens (including phenoxy) is 2. The monoisotopic (exact) mass is 424 g/mol. The largest absolute Gasteiger partial charge is 0.452 e. The molecular weight excluding hydrogens is 400 g/mol. The lowest BCUT2D eigenvalue weighted by Crippen LogP contribution is -2.51. The number of nitrogens with zero attached hydrogens (tertiary/aromatic N) is 2. The molecule has 0 atom stereocenters. The van der Waals surface area contributed by atoms with E-state index < -0.39 is 12.1 Å². The van der Waals surface area contributed by atoms with Crippen LogP contribution in [-0.2, 0) is 14.3 Å². The number of carbonyl (C=O) groups is 4. The standard InChI is InChI=1S/C23H24N2O6/c1-2-30-23(29)25-14-12-24(13-15-25)20(26)16-31-22(28)19-10-8-18(9-11-19)21(27)17-6-4-3-5-7-17/h3-11H,2,12-16H2,1H3. The van der Waals surface area contributed by atoms with E-state index in [2.05, 4.69) is 0 Å². The van der Waals surface area contributed by atoms with Gasteiger partial charge in [-0.05, 0) is 19.1 Å². The van der Waals surface area contributed by atoms with Crippen molar-refractivity contribution >= 4 is 23.8 Å². The summed E-state index contributed by atoms with van der Waals surface area (Å²) in [5.41, 5.74) is 1.27. The van der Waals surface area contributed by atoms with Gasteiger partial charge in [0.2, 0.25) is 0 Å². The highest BCUT2D eigenvalue weighted by Gasteiger charge is 2.25. The summed E-state index contributed by atoms with van der Waals surface area (Å²) >= 11 is 0. The van der Waals surface area contributed by atoms with Gasteiger partial charge in [-0.25, -0.2) is 9.59 Å². The predicted molar refractivity (Wildman–Crippen MR) is 112 cm³/mol. The van der Waals surface area contributed by atoms with Crippen LogP contribution in [0.25, 0.3) is 0 Å². The summed E-state index contributed by atoms with van der Waals surface area (Å²) in [6.07, 6.45) is -0.393. The van der Waals surface area contributed by atoms with Gasteiger partial charge in [-0.15, -0.1) is 0 Å². The lowest BCUT2D eigenvalue weighted by atomic mass is 10.0. The minimum Gasteiger partial charge on any atom is -0.452 e. The SMILES string of the molecule is CCOC(=O)N1CCN(C(=O)COC(=O)c2ccc(C(=O)c3ccccc3)cc2)CC1. The molecule has 0 N–H and O–H groups in total. The normalized spacial score (nSPS) is 13.5. The van der Waals surface area contributed by atoms with Crippen LogP contribution in [0.3, 0.4) is 0 Å². The Kier molecular flexibility index (Phi) is 7.37. The zero-order valence-corrected chi connectivity index (χ0v) is 17.3. The minimum absolute atomic E-state index is 0.141. The van der Waals surface area contributed by atoms with Crippen molar-refractivity contribution in [1.82, 2.24) is 9.80 Å². The first-order chi connectivity index (χ1) is 15.0. The highest BCUT2D eigenvalue weighted by molar-refractivity contribution is 6.09. The minimum atomic E-state index is -0.641. The second-order valence-corrected chi connectivity index (χ2v) is 6.92.